The first kappa shape index (κ1) is 11.6. The van der Waals surface area contributed by atoms with Gasteiger partial charge in [-0.15, -0.1) is 0 Å². The van der Waals surface area contributed by atoms with Crippen LogP contribution in [-0.4, -0.2) is 19.3 Å². The molecule has 0 aliphatic heterocycles. The first-order valence-corrected chi connectivity index (χ1v) is 5.18. The van der Waals surface area contributed by atoms with Crippen molar-refractivity contribution in [1.82, 2.24) is 10.5 Å². The second kappa shape index (κ2) is 4.97. The summed E-state index contributed by atoms with van der Waals surface area (Å²) in [5.41, 5.74) is 1.41. The zero-order valence-corrected chi connectivity index (χ0v) is 9.66. The molecule has 0 aliphatic carbocycles. The van der Waals surface area contributed by atoms with E-state index < -0.39 is 5.82 Å². The van der Waals surface area contributed by atoms with Crippen molar-refractivity contribution in [1.29, 1.82) is 0 Å². The summed E-state index contributed by atoms with van der Waals surface area (Å²) >= 11 is 0. The molecule has 0 amide bonds. The Morgan fingerprint density at radius 3 is 2.88 bits per heavy atom. The van der Waals surface area contributed by atoms with E-state index in [4.69, 9.17) is 9.26 Å². The average molecular weight is 236 g/mol. The number of ether oxygens (including phenoxy) is 1. The summed E-state index contributed by atoms with van der Waals surface area (Å²) in [5.74, 6) is 0.331. The summed E-state index contributed by atoms with van der Waals surface area (Å²) in [6.07, 6.45) is 0. The number of methoxy groups -OCH3 is 1. The lowest BCUT2D eigenvalue weighted by Crippen LogP contribution is -2.04. The molecule has 0 aliphatic rings. The van der Waals surface area contributed by atoms with Gasteiger partial charge in [0.15, 0.2) is 17.3 Å². The molecule has 0 saturated heterocycles. The molecule has 1 N–H and O–H groups in total. The predicted octanol–water partition coefficient (Wildman–Crippen LogP) is 2.21. The summed E-state index contributed by atoms with van der Waals surface area (Å²) in [4.78, 5) is 0. The van der Waals surface area contributed by atoms with Gasteiger partial charge in [-0.05, 0) is 25.2 Å². The fourth-order valence-electron chi connectivity index (χ4n) is 1.53. The Hall–Kier alpha value is -1.88. The normalized spacial score (nSPS) is 10.5. The third-order valence-corrected chi connectivity index (χ3v) is 2.35. The van der Waals surface area contributed by atoms with Crippen LogP contribution in [0.5, 0.6) is 5.75 Å². The van der Waals surface area contributed by atoms with Gasteiger partial charge in [-0.3, -0.25) is 0 Å². The van der Waals surface area contributed by atoms with Crippen molar-refractivity contribution < 1.29 is 13.7 Å². The van der Waals surface area contributed by atoms with Crippen LogP contribution >= 0.6 is 0 Å². The van der Waals surface area contributed by atoms with Crippen molar-refractivity contribution in [3.63, 3.8) is 0 Å². The van der Waals surface area contributed by atoms with Gasteiger partial charge in [0, 0.05) is 18.2 Å². The van der Waals surface area contributed by atoms with E-state index in [1.807, 2.05) is 7.05 Å². The molecule has 2 rings (SSSR count). The number of halogens is 1. The van der Waals surface area contributed by atoms with Crippen LogP contribution in [0.3, 0.4) is 0 Å². The lowest BCUT2D eigenvalue weighted by atomic mass is 10.1. The van der Waals surface area contributed by atoms with Crippen molar-refractivity contribution >= 4 is 0 Å². The van der Waals surface area contributed by atoms with E-state index in [0.29, 0.717) is 17.9 Å². The van der Waals surface area contributed by atoms with Crippen LogP contribution in [0.2, 0.25) is 0 Å². The number of hydrogen-bond donors (Lipinski definition) is 1. The van der Waals surface area contributed by atoms with Gasteiger partial charge in [-0.2, -0.15) is 0 Å². The monoisotopic (exact) mass is 236 g/mol. The standard InChI is InChI=1S/C12H13FN2O2/c1-14-7-9-6-12(17-15-9)8-3-4-11(16-2)10(13)5-8/h3-6,14H,7H2,1-2H3. The van der Waals surface area contributed by atoms with Crippen molar-refractivity contribution in [2.45, 2.75) is 6.54 Å². The van der Waals surface area contributed by atoms with Gasteiger partial charge in [-0.1, -0.05) is 5.16 Å². The number of nitrogens with zero attached hydrogens (tertiary/aromatic N) is 1. The maximum atomic E-state index is 13.5. The molecule has 1 aromatic carbocycles. The van der Waals surface area contributed by atoms with E-state index in [9.17, 15) is 4.39 Å². The Labute approximate surface area is 98.4 Å². The van der Waals surface area contributed by atoms with Gasteiger partial charge >= 0.3 is 0 Å². The fraction of sp³-hybridized carbons (Fsp3) is 0.250. The summed E-state index contributed by atoms with van der Waals surface area (Å²) in [6, 6.07) is 6.43. The molecule has 1 aromatic heterocycles. The minimum atomic E-state index is -0.420. The van der Waals surface area contributed by atoms with E-state index in [2.05, 4.69) is 10.5 Å². The number of rotatable bonds is 4. The SMILES string of the molecule is CNCc1cc(-c2ccc(OC)c(F)c2)on1. The number of hydrogen-bond acceptors (Lipinski definition) is 4. The van der Waals surface area contributed by atoms with Crippen LogP contribution in [0.1, 0.15) is 5.69 Å². The lowest BCUT2D eigenvalue weighted by molar-refractivity contribution is 0.386. The fourth-order valence-corrected chi connectivity index (χ4v) is 1.53. The molecule has 17 heavy (non-hydrogen) atoms. The molecule has 90 valence electrons. The Morgan fingerprint density at radius 2 is 2.24 bits per heavy atom. The number of aromatic nitrogens is 1. The molecule has 0 bridgehead atoms. The molecule has 0 spiro atoms. The Kier molecular flexibility index (Phi) is 3.39. The molecule has 0 radical (unpaired) electrons. The van der Waals surface area contributed by atoms with E-state index in [-0.39, 0.29) is 5.75 Å². The molecular formula is C12H13FN2O2. The summed E-state index contributed by atoms with van der Waals surface area (Å²) in [7, 11) is 3.25. The predicted molar refractivity (Wildman–Crippen MR) is 61.2 cm³/mol. The van der Waals surface area contributed by atoms with Crippen molar-refractivity contribution in [2.75, 3.05) is 14.2 Å². The molecule has 0 saturated carbocycles. The van der Waals surface area contributed by atoms with Crippen LogP contribution < -0.4 is 10.1 Å². The van der Waals surface area contributed by atoms with Gasteiger partial charge < -0.3 is 14.6 Å². The average Bonchev–Trinajstić information content (AvgIpc) is 2.78. The maximum Gasteiger partial charge on any atom is 0.167 e. The summed E-state index contributed by atoms with van der Waals surface area (Å²) in [6.45, 7) is 0.613. The quantitative estimate of drug-likeness (QED) is 0.884. The smallest absolute Gasteiger partial charge is 0.167 e. The molecular weight excluding hydrogens is 223 g/mol. The highest BCUT2D eigenvalue weighted by Crippen LogP contribution is 2.25. The second-order valence-corrected chi connectivity index (χ2v) is 3.56. The van der Waals surface area contributed by atoms with Crippen LogP contribution in [0.4, 0.5) is 4.39 Å². The van der Waals surface area contributed by atoms with E-state index >= 15 is 0 Å². The Morgan fingerprint density at radius 1 is 1.41 bits per heavy atom. The molecule has 0 atom stereocenters. The third-order valence-electron chi connectivity index (χ3n) is 2.35. The maximum absolute atomic E-state index is 13.5. The number of benzene rings is 1. The summed E-state index contributed by atoms with van der Waals surface area (Å²) < 4.78 is 23.5. The zero-order chi connectivity index (χ0) is 12.3. The van der Waals surface area contributed by atoms with Gasteiger partial charge in [0.1, 0.15) is 0 Å². The third kappa shape index (κ3) is 2.45. The first-order chi connectivity index (χ1) is 8.24. The van der Waals surface area contributed by atoms with Crippen LogP contribution in [-0.2, 0) is 6.54 Å². The molecule has 0 fully saturated rings. The van der Waals surface area contributed by atoms with E-state index in [1.165, 1.54) is 13.2 Å². The second-order valence-electron chi connectivity index (χ2n) is 3.56. The molecule has 5 heteroatoms. The Balaban J connectivity index is 2.29. The van der Waals surface area contributed by atoms with Crippen molar-refractivity contribution in [2.24, 2.45) is 0 Å². The van der Waals surface area contributed by atoms with Crippen LogP contribution in [0.25, 0.3) is 11.3 Å². The molecule has 1 heterocycles. The van der Waals surface area contributed by atoms with Crippen molar-refractivity contribution in [3.05, 3.63) is 35.8 Å². The highest BCUT2D eigenvalue weighted by Gasteiger charge is 2.09. The summed E-state index contributed by atoms with van der Waals surface area (Å²) in [5, 5.41) is 6.83. The lowest BCUT2D eigenvalue weighted by Gasteiger charge is -2.02. The zero-order valence-electron chi connectivity index (χ0n) is 9.66. The number of nitrogens with one attached hydrogen (secondary N) is 1. The van der Waals surface area contributed by atoms with Gasteiger partial charge in [-0.25, -0.2) is 4.39 Å². The Bertz CT molecular complexity index is 511. The van der Waals surface area contributed by atoms with Gasteiger partial charge in [0.2, 0.25) is 0 Å². The minimum absolute atomic E-state index is 0.212. The minimum Gasteiger partial charge on any atom is -0.494 e. The van der Waals surface area contributed by atoms with Crippen LogP contribution in [0, 0.1) is 5.82 Å². The topological polar surface area (TPSA) is 47.3 Å². The highest BCUT2D eigenvalue weighted by atomic mass is 19.1. The van der Waals surface area contributed by atoms with E-state index in [1.54, 1.807) is 18.2 Å². The first-order valence-electron chi connectivity index (χ1n) is 5.18. The molecule has 4 nitrogen and oxygen atoms in total. The largest absolute Gasteiger partial charge is 0.494 e. The van der Waals surface area contributed by atoms with E-state index in [0.717, 1.165) is 5.69 Å². The van der Waals surface area contributed by atoms with Gasteiger partial charge in [0.25, 0.3) is 0 Å². The molecule has 0 unspecified atom stereocenters. The molecule has 2 aromatic rings. The van der Waals surface area contributed by atoms with Crippen molar-refractivity contribution in [3.8, 4) is 17.1 Å². The van der Waals surface area contributed by atoms with Gasteiger partial charge in [0.05, 0.1) is 12.8 Å². The van der Waals surface area contributed by atoms with Crippen LogP contribution in [0.15, 0.2) is 28.8 Å². The highest BCUT2D eigenvalue weighted by molar-refractivity contribution is 5.58.